The van der Waals surface area contributed by atoms with Gasteiger partial charge in [0.15, 0.2) is 0 Å². The third-order valence-corrected chi connectivity index (χ3v) is 5.77. The molecular weight excluding hydrogens is 350 g/mol. The summed E-state index contributed by atoms with van der Waals surface area (Å²) in [4.78, 5) is 11.8. The van der Waals surface area contributed by atoms with Gasteiger partial charge in [-0.1, -0.05) is 48.5 Å². The van der Waals surface area contributed by atoms with Crippen LogP contribution in [0, 0.1) is 6.92 Å². The van der Waals surface area contributed by atoms with Crippen LogP contribution in [0.4, 0.5) is 0 Å². The number of rotatable bonds is 5. The van der Waals surface area contributed by atoms with Gasteiger partial charge in [0.1, 0.15) is 0 Å². The maximum Gasteiger partial charge on any atom is 0.337 e. The normalized spacial score (nSPS) is 11.5. The lowest BCUT2D eigenvalue weighted by atomic mass is 10.1. The van der Waals surface area contributed by atoms with Crippen molar-refractivity contribution in [1.82, 2.24) is 4.72 Å². The van der Waals surface area contributed by atoms with Crippen LogP contribution in [-0.4, -0.2) is 21.5 Å². The smallest absolute Gasteiger partial charge is 0.337 e. The SMILES string of the molecule is COC(=O)c1ccc(C)c(S(=O)(=O)NCc2cccc3ccccc23)c1. The van der Waals surface area contributed by atoms with Crippen molar-refractivity contribution in [1.29, 1.82) is 0 Å². The molecule has 0 aromatic heterocycles. The van der Waals surface area contributed by atoms with Crippen LogP contribution in [0.5, 0.6) is 0 Å². The number of benzene rings is 3. The quantitative estimate of drug-likeness (QED) is 0.700. The number of carbonyl (C=O) groups excluding carboxylic acids is 1. The van der Waals surface area contributed by atoms with Crippen molar-refractivity contribution >= 4 is 26.8 Å². The summed E-state index contributed by atoms with van der Waals surface area (Å²) in [6.45, 7) is 1.85. The molecule has 0 aliphatic carbocycles. The predicted molar refractivity (Wildman–Crippen MR) is 100 cm³/mol. The number of ether oxygens (including phenoxy) is 1. The van der Waals surface area contributed by atoms with Gasteiger partial charge >= 0.3 is 5.97 Å². The summed E-state index contributed by atoms with van der Waals surface area (Å²) in [6, 6.07) is 18.1. The second-order valence-corrected chi connectivity index (χ2v) is 7.67. The van der Waals surface area contributed by atoms with Gasteiger partial charge in [0, 0.05) is 6.54 Å². The van der Waals surface area contributed by atoms with E-state index in [-0.39, 0.29) is 17.0 Å². The molecule has 0 saturated carbocycles. The molecule has 3 aromatic carbocycles. The van der Waals surface area contributed by atoms with E-state index < -0.39 is 16.0 Å². The van der Waals surface area contributed by atoms with Crippen LogP contribution in [0.15, 0.2) is 65.6 Å². The Morgan fingerprint density at radius 1 is 1.04 bits per heavy atom. The Kier molecular flexibility index (Phi) is 5.06. The monoisotopic (exact) mass is 369 g/mol. The van der Waals surface area contributed by atoms with Gasteiger partial charge in [-0.15, -0.1) is 0 Å². The summed E-state index contributed by atoms with van der Waals surface area (Å²) in [5, 5.41) is 2.05. The third kappa shape index (κ3) is 3.61. The van der Waals surface area contributed by atoms with Gasteiger partial charge in [-0.3, -0.25) is 0 Å². The molecule has 0 spiro atoms. The van der Waals surface area contributed by atoms with E-state index in [9.17, 15) is 13.2 Å². The second-order valence-electron chi connectivity index (χ2n) is 5.93. The highest BCUT2D eigenvalue weighted by molar-refractivity contribution is 7.89. The Hall–Kier alpha value is -2.70. The van der Waals surface area contributed by atoms with E-state index in [0.29, 0.717) is 5.56 Å². The van der Waals surface area contributed by atoms with E-state index in [2.05, 4.69) is 9.46 Å². The molecule has 0 heterocycles. The van der Waals surface area contributed by atoms with Gasteiger partial charge in [0.05, 0.1) is 17.6 Å². The molecule has 0 unspecified atom stereocenters. The molecule has 0 saturated heterocycles. The lowest BCUT2D eigenvalue weighted by molar-refractivity contribution is 0.0600. The van der Waals surface area contributed by atoms with Crippen LogP contribution in [0.2, 0.25) is 0 Å². The van der Waals surface area contributed by atoms with Gasteiger partial charge in [-0.05, 0) is 41.0 Å². The van der Waals surface area contributed by atoms with Gasteiger partial charge < -0.3 is 4.74 Å². The fraction of sp³-hybridized carbons (Fsp3) is 0.150. The van der Waals surface area contributed by atoms with Crippen LogP contribution in [0.25, 0.3) is 10.8 Å². The van der Waals surface area contributed by atoms with Gasteiger partial charge in [-0.2, -0.15) is 0 Å². The Balaban J connectivity index is 1.91. The summed E-state index contributed by atoms with van der Waals surface area (Å²) in [7, 11) is -2.52. The Morgan fingerprint density at radius 3 is 2.54 bits per heavy atom. The van der Waals surface area contributed by atoms with Crippen LogP contribution in [0.3, 0.4) is 0 Å². The first-order chi connectivity index (χ1) is 12.4. The van der Waals surface area contributed by atoms with E-state index >= 15 is 0 Å². The standard InChI is InChI=1S/C20H19NO4S/c1-14-10-11-16(20(22)25-2)12-19(14)26(23,24)21-13-17-8-5-7-15-6-3-4-9-18(15)17/h3-12,21H,13H2,1-2H3. The molecule has 3 rings (SSSR count). The van der Waals surface area contributed by atoms with E-state index in [1.54, 1.807) is 19.1 Å². The number of methoxy groups -OCH3 is 1. The lowest BCUT2D eigenvalue weighted by Crippen LogP contribution is -2.24. The molecule has 1 N–H and O–H groups in total. The van der Waals surface area contributed by atoms with Gasteiger partial charge in [-0.25, -0.2) is 17.9 Å². The number of hydrogen-bond acceptors (Lipinski definition) is 4. The van der Waals surface area contributed by atoms with Crippen molar-refractivity contribution < 1.29 is 17.9 Å². The topological polar surface area (TPSA) is 72.5 Å². The molecule has 0 atom stereocenters. The van der Waals surface area contributed by atoms with Crippen molar-refractivity contribution in [2.75, 3.05) is 7.11 Å². The van der Waals surface area contributed by atoms with E-state index in [1.165, 1.54) is 13.2 Å². The summed E-state index contributed by atoms with van der Waals surface area (Å²) in [6.07, 6.45) is 0. The molecule has 5 nitrogen and oxygen atoms in total. The zero-order valence-corrected chi connectivity index (χ0v) is 15.3. The Morgan fingerprint density at radius 2 is 1.77 bits per heavy atom. The summed E-state index contributed by atoms with van der Waals surface area (Å²) in [5.41, 5.74) is 1.64. The van der Waals surface area contributed by atoms with E-state index in [0.717, 1.165) is 16.3 Å². The summed E-state index contributed by atoms with van der Waals surface area (Å²) in [5.74, 6) is -0.574. The summed E-state index contributed by atoms with van der Waals surface area (Å²) >= 11 is 0. The van der Waals surface area contributed by atoms with Gasteiger partial charge in [0.2, 0.25) is 10.0 Å². The van der Waals surface area contributed by atoms with Crippen LogP contribution in [-0.2, 0) is 21.3 Å². The fourth-order valence-electron chi connectivity index (χ4n) is 2.83. The minimum absolute atomic E-state index is 0.0700. The first-order valence-corrected chi connectivity index (χ1v) is 9.56. The lowest BCUT2D eigenvalue weighted by Gasteiger charge is -2.12. The average Bonchev–Trinajstić information content (AvgIpc) is 2.66. The molecule has 0 amide bonds. The number of fused-ring (bicyclic) bond motifs is 1. The first-order valence-electron chi connectivity index (χ1n) is 8.07. The zero-order valence-electron chi connectivity index (χ0n) is 14.5. The van der Waals surface area contributed by atoms with E-state index in [4.69, 9.17) is 0 Å². The Labute approximate surface area is 152 Å². The minimum atomic E-state index is -3.78. The van der Waals surface area contributed by atoms with Crippen LogP contribution >= 0.6 is 0 Å². The van der Waals surface area contributed by atoms with Crippen molar-refractivity contribution in [2.45, 2.75) is 18.4 Å². The van der Waals surface area contributed by atoms with Crippen molar-refractivity contribution in [2.24, 2.45) is 0 Å². The van der Waals surface area contributed by atoms with Crippen LogP contribution < -0.4 is 4.72 Å². The molecule has 0 fully saturated rings. The molecule has 3 aromatic rings. The number of sulfonamides is 1. The van der Waals surface area contributed by atoms with Crippen molar-refractivity contribution in [3.05, 3.63) is 77.4 Å². The molecule has 134 valence electrons. The average molecular weight is 369 g/mol. The molecular formula is C20H19NO4S. The van der Waals surface area contributed by atoms with E-state index in [1.807, 2.05) is 42.5 Å². The number of hydrogen-bond donors (Lipinski definition) is 1. The number of esters is 1. The number of nitrogens with one attached hydrogen (secondary N) is 1. The first kappa shape index (κ1) is 18.1. The third-order valence-electron chi connectivity index (χ3n) is 4.23. The van der Waals surface area contributed by atoms with Crippen LogP contribution in [0.1, 0.15) is 21.5 Å². The fourth-order valence-corrected chi connectivity index (χ4v) is 4.11. The summed E-state index contributed by atoms with van der Waals surface area (Å²) < 4.78 is 32.8. The maximum absolute atomic E-state index is 12.8. The number of aryl methyl sites for hydroxylation is 1. The molecule has 26 heavy (non-hydrogen) atoms. The number of carbonyl (C=O) groups is 1. The Bertz CT molecular complexity index is 1070. The van der Waals surface area contributed by atoms with Crippen molar-refractivity contribution in [3.63, 3.8) is 0 Å². The largest absolute Gasteiger partial charge is 0.465 e. The second kappa shape index (κ2) is 7.27. The molecule has 6 heteroatoms. The maximum atomic E-state index is 12.8. The highest BCUT2D eigenvalue weighted by Crippen LogP contribution is 2.21. The predicted octanol–water partition coefficient (Wildman–Crippen LogP) is 3.41. The molecule has 0 bridgehead atoms. The molecule has 0 aliphatic rings. The highest BCUT2D eigenvalue weighted by Gasteiger charge is 2.19. The molecule has 0 radical (unpaired) electrons. The van der Waals surface area contributed by atoms with Crippen molar-refractivity contribution in [3.8, 4) is 0 Å². The highest BCUT2D eigenvalue weighted by atomic mass is 32.2. The zero-order chi connectivity index (χ0) is 18.7. The van der Waals surface area contributed by atoms with Gasteiger partial charge in [0.25, 0.3) is 0 Å². The minimum Gasteiger partial charge on any atom is -0.465 e. The molecule has 0 aliphatic heterocycles.